The van der Waals surface area contributed by atoms with Gasteiger partial charge in [-0.2, -0.15) is 0 Å². The largest absolute Gasteiger partial charge is 2.00 e. The van der Waals surface area contributed by atoms with Crippen molar-refractivity contribution in [3.8, 4) is 22.3 Å². The molecule has 7 aromatic rings. The van der Waals surface area contributed by atoms with Crippen LogP contribution in [0.3, 0.4) is 0 Å². The Balaban J connectivity index is 0.00000374. The Morgan fingerprint density at radius 1 is 0.353 bits per heavy atom. The van der Waals surface area contributed by atoms with E-state index < -0.39 is 0 Å². The fourth-order valence-electron chi connectivity index (χ4n) is 6.48. The fraction of sp³-hybridized carbons (Fsp3) is 0. The molecule has 238 valence electrons. The van der Waals surface area contributed by atoms with Gasteiger partial charge >= 0.3 is 19.5 Å². The van der Waals surface area contributed by atoms with Crippen LogP contribution in [0.4, 0.5) is 22.7 Å². The Labute approximate surface area is 308 Å². The van der Waals surface area contributed by atoms with Gasteiger partial charge in [0.1, 0.15) is 0 Å². The van der Waals surface area contributed by atoms with Crippen LogP contribution in [0.5, 0.6) is 0 Å². The molecule has 0 amide bonds. The zero-order chi connectivity index (χ0) is 33.3. The first-order valence-corrected chi connectivity index (χ1v) is 16.6. The van der Waals surface area contributed by atoms with Crippen LogP contribution >= 0.6 is 0 Å². The molecule has 0 saturated carbocycles. The van der Waals surface area contributed by atoms with Gasteiger partial charge in [-0.1, -0.05) is 121 Å². The fourth-order valence-corrected chi connectivity index (χ4v) is 6.48. The molecule has 0 atom stereocenters. The molecular weight excluding hydrogens is 678 g/mol. The van der Waals surface area contributed by atoms with Gasteiger partial charge in [0.05, 0.1) is 22.8 Å². The van der Waals surface area contributed by atoms with Gasteiger partial charge in [-0.3, -0.25) is 0 Å². The SMILES string of the molecule is C1=Cc2nc1c(Nc1ccccc1)c1ccc([n-]1)c(-c1ccccc1)c1nc(c(Nc3ccccc3)c3ccc([n-]3)c2-c2ccccc2)C=C1.[Zn+2]. The molecule has 3 aromatic heterocycles. The van der Waals surface area contributed by atoms with Crippen molar-refractivity contribution in [3.63, 3.8) is 0 Å². The van der Waals surface area contributed by atoms with Gasteiger partial charge < -0.3 is 20.6 Å². The normalized spacial score (nSPS) is 11.6. The smallest absolute Gasteiger partial charge is 0.656 e. The summed E-state index contributed by atoms with van der Waals surface area (Å²) in [5, 5.41) is 7.29. The van der Waals surface area contributed by atoms with E-state index in [9.17, 15) is 0 Å². The zero-order valence-electron chi connectivity index (χ0n) is 27.7. The molecule has 2 aliphatic heterocycles. The van der Waals surface area contributed by atoms with E-state index >= 15 is 0 Å². The number of hydrogen-bond acceptors (Lipinski definition) is 4. The van der Waals surface area contributed by atoms with Gasteiger partial charge in [0.2, 0.25) is 0 Å². The Hall–Kier alpha value is -6.30. The molecular formula is C44H30N6Zn. The number of aromatic nitrogens is 4. The first-order chi connectivity index (χ1) is 24.8. The van der Waals surface area contributed by atoms with Crippen LogP contribution in [0.2, 0.25) is 0 Å². The van der Waals surface area contributed by atoms with Crippen LogP contribution in [0.15, 0.2) is 146 Å². The standard InChI is InChI=1S/C44H30N6.Zn/c1-5-13-29(14-6-1)41-33-21-25-37(47-33)43(45-31-17-9-3-10-18-31)39-27-23-35(49-39)42(30-15-7-2-8-16-30)36-24-28-40(50-36)44(38-26-22-34(41)48-38)46-32-19-11-4-12-20-32;/h1-28,45-46H;/q-2;+2. The molecule has 51 heavy (non-hydrogen) atoms. The first-order valence-electron chi connectivity index (χ1n) is 16.6. The van der Waals surface area contributed by atoms with Gasteiger partial charge in [0.25, 0.3) is 0 Å². The second-order valence-electron chi connectivity index (χ2n) is 12.1. The van der Waals surface area contributed by atoms with E-state index in [1.807, 2.05) is 97.1 Å². The minimum Gasteiger partial charge on any atom is -0.656 e. The molecule has 0 spiro atoms. The van der Waals surface area contributed by atoms with Crippen molar-refractivity contribution in [3.05, 3.63) is 168 Å². The summed E-state index contributed by atoms with van der Waals surface area (Å²) < 4.78 is 0. The van der Waals surface area contributed by atoms with Crippen molar-refractivity contribution < 1.29 is 19.5 Å². The molecule has 0 fully saturated rings. The van der Waals surface area contributed by atoms with Crippen molar-refractivity contribution in [2.45, 2.75) is 0 Å². The molecule has 0 radical (unpaired) electrons. The number of rotatable bonds is 6. The molecule has 8 bridgehead atoms. The molecule has 6 nitrogen and oxygen atoms in total. The van der Waals surface area contributed by atoms with Crippen molar-refractivity contribution in [2.75, 3.05) is 10.6 Å². The summed E-state index contributed by atoms with van der Waals surface area (Å²) in [5.74, 6) is 0. The molecule has 2 N–H and O–H groups in total. The predicted molar refractivity (Wildman–Crippen MR) is 207 cm³/mol. The molecule has 5 heterocycles. The first kappa shape index (κ1) is 31.9. The summed E-state index contributed by atoms with van der Waals surface area (Å²) in [6.45, 7) is 0. The average molecular weight is 708 g/mol. The Kier molecular flexibility index (Phi) is 8.71. The van der Waals surface area contributed by atoms with Crippen LogP contribution in [0.1, 0.15) is 22.8 Å². The van der Waals surface area contributed by atoms with Gasteiger partial charge in [0.15, 0.2) is 0 Å². The quantitative estimate of drug-likeness (QED) is 0.168. The van der Waals surface area contributed by atoms with Crippen LogP contribution in [0, 0.1) is 0 Å². The predicted octanol–water partition coefficient (Wildman–Crippen LogP) is 10.7. The van der Waals surface area contributed by atoms with Gasteiger partial charge in [-0.15, -0.1) is 22.1 Å². The van der Waals surface area contributed by atoms with Crippen LogP contribution in [-0.2, 0) is 19.5 Å². The summed E-state index contributed by atoms with van der Waals surface area (Å²) in [6.07, 6.45) is 8.25. The van der Waals surface area contributed by atoms with E-state index in [1.165, 1.54) is 0 Å². The Morgan fingerprint density at radius 2 is 0.686 bits per heavy atom. The van der Waals surface area contributed by atoms with Crippen molar-refractivity contribution in [1.82, 2.24) is 19.9 Å². The second kappa shape index (κ2) is 13.9. The second-order valence-corrected chi connectivity index (χ2v) is 12.1. The maximum Gasteiger partial charge on any atom is 2.00 e. The topological polar surface area (TPSA) is 78.0 Å². The van der Waals surface area contributed by atoms with E-state index in [0.717, 1.165) is 89.8 Å². The van der Waals surface area contributed by atoms with Crippen LogP contribution < -0.4 is 20.6 Å². The molecule has 7 heteroatoms. The van der Waals surface area contributed by atoms with E-state index in [0.29, 0.717) is 0 Å². The van der Waals surface area contributed by atoms with Crippen molar-refractivity contribution >= 4 is 69.1 Å². The molecule has 0 aliphatic carbocycles. The van der Waals surface area contributed by atoms with E-state index in [4.69, 9.17) is 19.9 Å². The minimum atomic E-state index is 0. The van der Waals surface area contributed by atoms with Crippen molar-refractivity contribution in [2.24, 2.45) is 0 Å². The maximum absolute atomic E-state index is 5.26. The molecule has 2 aliphatic rings. The summed E-state index contributed by atoms with van der Waals surface area (Å²) >= 11 is 0. The number of para-hydroxylation sites is 2. The molecule has 0 saturated heterocycles. The van der Waals surface area contributed by atoms with E-state index in [-0.39, 0.29) is 19.5 Å². The Bertz CT molecular complexity index is 2390. The molecule has 4 aromatic carbocycles. The van der Waals surface area contributed by atoms with Gasteiger partial charge in [0, 0.05) is 22.7 Å². The summed E-state index contributed by atoms with van der Waals surface area (Å²) in [4.78, 5) is 21.0. The number of nitrogens with zero attached hydrogens (tertiary/aromatic N) is 4. The molecule has 9 rings (SSSR count). The summed E-state index contributed by atoms with van der Waals surface area (Å²) in [6, 6.07) is 49.2. The maximum atomic E-state index is 5.26. The van der Waals surface area contributed by atoms with Crippen LogP contribution in [0.25, 0.3) is 68.6 Å². The summed E-state index contributed by atoms with van der Waals surface area (Å²) in [5.41, 5.74) is 13.9. The van der Waals surface area contributed by atoms with E-state index in [1.54, 1.807) is 0 Å². The minimum absolute atomic E-state index is 0. The number of fused-ring (bicyclic) bond motifs is 8. The summed E-state index contributed by atoms with van der Waals surface area (Å²) in [7, 11) is 0. The zero-order valence-corrected chi connectivity index (χ0v) is 30.6. The number of anilines is 4. The van der Waals surface area contributed by atoms with Crippen LogP contribution in [-0.4, -0.2) is 9.97 Å². The third-order valence-corrected chi connectivity index (χ3v) is 8.82. The molecule has 0 unspecified atom stereocenters. The Morgan fingerprint density at radius 3 is 1.08 bits per heavy atom. The number of hydrogen-bond donors (Lipinski definition) is 2. The van der Waals surface area contributed by atoms with Gasteiger partial charge in [-0.25, -0.2) is 9.97 Å². The third-order valence-electron chi connectivity index (χ3n) is 8.82. The number of benzene rings is 4. The monoisotopic (exact) mass is 706 g/mol. The van der Waals surface area contributed by atoms with Crippen molar-refractivity contribution in [1.29, 1.82) is 0 Å². The van der Waals surface area contributed by atoms with E-state index in [2.05, 4.69) is 83.5 Å². The third kappa shape index (κ3) is 6.32. The average Bonchev–Trinajstić information content (AvgIpc) is 4.01. The number of nitrogens with one attached hydrogen (secondary N) is 2. The van der Waals surface area contributed by atoms with Gasteiger partial charge in [-0.05, 0) is 70.8 Å².